The van der Waals surface area contributed by atoms with Crippen molar-refractivity contribution in [2.45, 2.75) is 13.1 Å². The van der Waals surface area contributed by atoms with Gasteiger partial charge in [0.25, 0.3) is 11.5 Å². The average Bonchev–Trinajstić information content (AvgIpc) is 3.39. The molecule has 0 fully saturated rings. The van der Waals surface area contributed by atoms with Gasteiger partial charge in [-0.05, 0) is 29.1 Å². The third-order valence-corrected chi connectivity index (χ3v) is 6.21. The van der Waals surface area contributed by atoms with Gasteiger partial charge in [0.15, 0.2) is 0 Å². The molecule has 154 valence electrons. The van der Waals surface area contributed by atoms with Crippen LogP contribution in [0.25, 0.3) is 21.1 Å². The number of nitrogens with zero attached hydrogens (tertiary/aromatic N) is 3. The first-order chi connectivity index (χ1) is 15.1. The van der Waals surface area contributed by atoms with Crippen LogP contribution in [0.4, 0.5) is 0 Å². The summed E-state index contributed by atoms with van der Waals surface area (Å²) >= 11 is 1.36. The molecule has 0 aliphatic heterocycles. The van der Waals surface area contributed by atoms with E-state index in [2.05, 4.69) is 22.1 Å². The normalized spacial score (nSPS) is 11.3. The topological polar surface area (TPSA) is 71.0 Å². The van der Waals surface area contributed by atoms with Crippen LogP contribution in [0.15, 0.2) is 76.9 Å². The molecule has 1 N–H and O–H groups in total. The molecule has 5 aromatic rings. The van der Waals surface area contributed by atoms with E-state index in [1.807, 2.05) is 64.5 Å². The van der Waals surface area contributed by atoms with Gasteiger partial charge < -0.3 is 14.5 Å². The Bertz CT molecular complexity index is 1450. The molecule has 0 saturated heterocycles. The molecule has 2 aromatic carbocycles. The zero-order valence-electron chi connectivity index (χ0n) is 16.9. The van der Waals surface area contributed by atoms with E-state index in [1.54, 1.807) is 11.9 Å². The maximum absolute atomic E-state index is 13.4. The molecule has 3 heterocycles. The van der Waals surface area contributed by atoms with E-state index in [4.69, 9.17) is 0 Å². The lowest BCUT2D eigenvalue weighted by Gasteiger charge is -2.18. The number of rotatable bonds is 5. The van der Waals surface area contributed by atoms with E-state index < -0.39 is 0 Å². The number of carbonyl (C=O) groups excluding carboxylic acids is 1. The number of fused-ring (bicyclic) bond motifs is 2. The van der Waals surface area contributed by atoms with Crippen molar-refractivity contribution in [2.75, 3.05) is 7.05 Å². The second-order valence-electron chi connectivity index (χ2n) is 7.47. The molecule has 3 aromatic heterocycles. The fourth-order valence-electron chi connectivity index (χ4n) is 3.81. The summed E-state index contributed by atoms with van der Waals surface area (Å²) < 4.78 is 2.64. The standard InChI is InChI=1S/C24H20N4O2S/c1-27(15-21-25-18-11-12-31-22(18)23(29)26-21)24(30)20-13-17-9-5-6-10-19(17)28(20)14-16-7-3-2-4-8-16/h2-13H,14-15H2,1H3,(H,25,26,29). The van der Waals surface area contributed by atoms with E-state index in [9.17, 15) is 9.59 Å². The molecule has 0 aliphatic carbocycles. The van der Waals surface area contributed by atoms with Crippen LogP contribution < -0.4 is 5.56 Å². The maximum atomic E-state index is 13.4. The number of hydrogen-bond acceptors (Lipinski definition) is 4. The number of nitrogens with one attached hydrogen (secondary N) is 1. The van der Waals surface area contributed by atoms with Crippen molar-refractivity contribution in [2.24, 2.45) is 0 Å². The number of hydrogen-bond donors (Lipinski definition) is 1. The van der Waals surface area contributed by atoms with Crippen LogP contribution in [0.2, 0.25) is 0 Å². The highest BCUT2D eigenvalue weighted by atomic mass is 32.1. The molecule has 0 spiro atoms. The lowest BCUT2D eigenvalue weighted by Crippen LogP contribution is -2.30. The summed E-state index contributed by atoms with van der Waals surface area (Å²) in [6.07, 6.45) is 0. The predicted octanol–water partition coefficient (Wildman–Crippen LogP) is 4.26. The number of amides is 1. The number of benzene rings is 2. The Kier molecular flexibility index (Phi) is 4.88. The van der Waals surface area contributed by atoms with Gasteiger partial charge in [0.05, 0.1) is 12.1 Å². The lowest BCUT2D eigenvalue weighted by atomic mass is 10.2. The van der Waals surface area contributed by atoms with Gasteiger partial charge in [0.2, 0.25) is 0 Å². The van der Waals surface area contributed by atoms with Gasteiger partial charge in [-0.3, -0.25) is 9.59 Å². The van der Waals surface area contributed by atoms with Gasteiger partial charge in [-0.25, -0.2) is 4.98 Å². The van der Waals surface area contributed by atoms with Gasteiger partial charge in [-0.1, -0.05) is 48.5 Å². The van der Waals surface area contributed by atoms with Crippen molar-refractivity contribution in [3.05, 3.63) is 99.5 Å². The summed E-state index contributed by atoms with van der Waals surface area (Å²) in [6, 6.07) is 21.8. The SMILES string of the molecule is CN(Cc1nc2ccsc2c(=O)[nH]1)C(=O)c1cc2ccccc2n1Cc1ccccc1. The Morgan fingerprint density at radius 3 is 2.71 bits per heavy atom. The molecule has 0 aliphatic rings. The minimum atomic E-state index is -0.172. The monoisotopic (exact) mass is 428 g/mol. The van der Waals surface area contributed by atoms with E-state index >= 15 is 0 Å². The molecule has 0 unspecified atom stereocenters. The molecule has 1 amide bonds. The zero-order chi connectivity index (χ0) is 21.4. The van der Waals surface area contributed by atoms with E-state index in [1.165, 1.54) is 11.3 Å². The van der Waals surface area contributed by atoms with Crippen molar-refractivity contribution in [3.8, 4) is 0 Å². The first-order valence-electron chi connectivity index (χ1n) is 9.94. The van der Waals surface area contributed by atoms with Crippen molar-refractivity contribution in [1.29, 1.82) is 0 Å². The van der Waals surface area contributed by atoms with Gasteiger partial charge in [0.1, 0.15) is 16.2 Å². The third-order valence-electron chi connectivity index (χ3n) is 5.31. The highest BCUT2D eigenvalue weighted by Crippen LogP contribution is 2.23. The van der Waals surface area contributed by atoms with Crippen molar-refractivity contribution < 1.29 is 4.79 Å². The Hall–Kier alpha value is -3.71. The number of thiophene rings is 1. The Balaban J connectivity index is 1.49. The molecule has 31 heavy (non-hydrogen) atoms. The summed E-state index contributed by atoms with van der Waals surface area (Å²) in [5.74, 6) is 0.345. The Morgan fingerprint density at radius 1 is 1.10 bits per heavy atom. The number of aromatic amines is 1. The van der Waals surface area contributed by atoms with E-state index in [0.717, 1.165) is 16.5 Å². The highest BCUT2D eigenvalue weighted by molar-refractivity contribution is 7.17. The van der Waals surface area contributed by atoms with Crippen molar-refractivity contribution in [1.82, 2.24) is 19.4 Å². The van der Waals surface area contributed by atoms with Crippen LogP contribution in [-0.4, -0.2) is 32.4 Å². The van der Waals surface area contributed by atoms with Crippen LogP contribution in [0, 0.1) is 0 Å². The van der Waals surface area contributed by atoms with Crippen molar-refractivity contribution >= 4 is 38.4 Å². The van der Waals surface area contributed by atoms with Gasteiger partial charge in [0, 0.05) is 24.5 Å². The van der Waals surface area contributed by atoms with Crippen molar-refractivity contribution in [3.63, 3.8) is 0 Å². The van der Waals surface area contributed by atoms with Gasteiger partial charge >= 0.3 is 0 Å². The fourth-order valence-corrected chi connectivity index (χ4v) is 4.54. The molecular weight excluding hydrogens is 408 g/mol. The second-order valence-corrected chi connectivity index (χ2v) is 8.39. The van der Waals surface area contributed by atoms with Gasteiger partial charge in [-0.15, -0.1) is 11.3 Å². The van der Waals surface area contributed by atoms with Gasteiger partial charge in [-0.2, -0.15) is 0 Å². The molecule has 0 radical (unpaired) electrons. The lowest BCUT2D eigenvalue weighted by molar-refractivity contribution is 0.0772. The number of para-hydroxylation sites is 1. The van der Waals surface area contributed by atoms with Crippen LogP contribution >= 0.6 is 11.3 Å². The molecule has 0 bridgehead atoms. The van der Waals surface area contributed by atoms with Crippen LogP contribution in [0.3, 0.4) is 0 Å². The number of H-pyrrole nitrogens is 1. The minimum Gasteiger partial charge on any atom is -0.333 e. The predicted molar refractivity (Wildman–Crippen MR) is 124 cm³/mol. The molecular formula is C24H20N4O2S. The first-order valence-corrected chi connectivity index (χ1v) is 10.8. The smallest absolute Gasteiger partial charge is 0.270 e. The number of aromatic nitrogens is 3. The van der Waals surface area contributed by atoms with E-state index in [0.29, 0.717) is 28.3 Å². The summed E-state index contributed by atoms with van der Waals surface area (Å²) in [5, 5.41) is 2.86. The maximum Gasteiger partial charge on any atom is 0.270 e. The third kappa shape index (κ3) is 3.64. The molecule has 0 saturated carbocycles. The molecule has 6 nitrogen and oxygen atoms in total. The number of carbonyl (C=O) groups is 1. The Labute approximate surface area is 182 Å². The summed E-state index contributed by atoms with van der Waals surface area (Å²) in [4.78, 5) is 34.6. The second kappa shape index (κ2) is 7.85. The first kappa shape index (κ1) is 19.3. The average molecular weight is 429 g/mol. The zero-order valence-corrected chi connectivity index (χ0v) is 17.7. The van der Waals surface area contributed by atoms with Crippen LogP contribution in [0.1, 0.15) is 21.9 Å². The summed E-state index contributed by atoms with van der Waals surface area (Å²) in [5.41, 5.74) is 3.21. The minimum absolute atomic E-state index is 0.125. The molecule has 0 atom stereocenters. The molecule has 5 rings (SSSR count). The summed E-state index contributed by atoms with van der Waals surface area (Å²) in [6.45, 7) is 0.811. The Morgan fingerprint density at radius 2 is 1.87 bits per heavy atom. The quantitative estimate of drug-likeness (QED) is 0.455. The highest BCUT2D eigenvalue weighted by Gasteiger charge is 2.20. The summed E-state index contributed by atoms with van der Waals surface area (Å²) in [7, 11) is 1.73. The van der Waals surface area contributed by atoms with Crippen LogP contribution in [0.5, 0.6) is 0 Å². The van der Waals surface area contributed by atoms with E-state index in [-0.39, 0.29) is 18.0 Å². The van der Waals surface area contributed by atoms with Crippen LogP contribution in [-0.2, 0) is 13.1 Å². The molecule has 7 heteroatoms. The fraction of sp³-hybridized carbons (Fsp3) is 0.125. The largest absolute Gasteiger partial charge is 0.333 e.